The largest absolute Gasteiger partial charge is 0.465 e. The van der Waals surface area contributed by atoms with E-state index in [1.165, 1.54) is 7.11 Å². The van der Waals surface area contributed by atoms with E-state index in [1.807, 2.05) is 30.0 Å². The quantitative estimate of drug-likeness (QED) is 0.753. The van der Waals surface area contributed by atoms with Gasteiger partial charge in [0.25, 0.3) is 5.91 Å². The van der Waals surface area contributed by atoms with E-state index in [-0.39, 0.29) is 17.9 Å². The number of likely N-dealkylation sites (tertiary alicyclic amines) is 1. The third kappa shape index (κ3) is 4.20. The van der Waals surface area contributed by atoms with Crippen LogP contribution in [-0.2, 0) is 9.53 Å². The predicted octanol–water partition coefficient (Wildman–Crippen LogP) is 4.19. The zero-order chi connectivity index (χ0) is 22.0. The number of benzene rings is 2. The number of hydrogen-bond acceptors (Lipinski definition) is 4. The molecule has 1 heterocycles. The number of carbonyl (C=O) groups excluding carboxylic acids is 3. The molecule has 3 unspecified atom stereocenters. The molecule has 162 valence electrons. The van der Waals surface area contributed by atoms with Crippen molar-refractivity contribution in [2.45, 2.75) is 51.1 Å². The Morgan fingerprint density at radius 2 is 1.74 bits per heavy atom. The fraction of sp³-hybridized carbons (Fsp3) is 0.400. The number of fused-ring (bicyclic) bond motifs is 1. The van der Waals surface area contributed by atoms with E-state index in [9.17, 15) is 14.4 Å². The summed E-state index contributed by atoms with van der Waals surface area (Å²) in [4.78, 5) is 40.5. The first-order chi connectivity index (χ1) is 15.0. The van der Waals surface area contributed by atoms with Gasteiger partial charge in [0.1, 0.15) is 6.04 Å². The zero-order valence-corrected chi connectivity index (χ0v) is 18.0. The number of amides is 2. The molecule has 1 saturated carbocycles. The second-order valence-electron chi connectivity index (χ2n) is 8.45. The summed E-state index contributed by atoms with van der Waals surface area (Å²) in [7, 11) is 1.33. The molecule has 0 aromatic heterocycles. The maximum absolute atomic E-state index is 13.4. The van der Waals surface area contributed by atoms with Crippen LogP contribution < -0.4 is 5.32 Å². The SMILES string of the molecule is COC(=O)c1ccc(C)c(NC(=O)C2CC3CCCCC3N2C(=O)c2ccccc2)c1. The lowest BCUT2D eigenvalue weighted by molar-refractivity contribution is -0.120. The van der Waals surface area contributed by atoms with Crippen LogP contribution >= 0.6 is 0 Å². The topological polar surface area (TPSA) is 75.7 Å². The number of nitrogens with zero attached hydrogens (tertiary/aromatic N) is 1. The Labute approximate surface area is 182 Å². The van der Waals surface area contributed by atoms with E-state index in [0.29, 0.717) is 29.2 Å². The van der Waals surface area contributed by atoms with Crippen molar-refractivity contribution in [3.8, 4) is 0 Å². The lowest BCUT2D eigenvalue weighted by Crippen LogP contribution is -2.47. The number of ether oxygens (including phenoxy) is 1. The van der Waals surface area contributed by atoms with Crippen LogP contribution in [0, 0.1) is 12.8 Å². The van der Waals surface area contributed by atoms with Crippen LogP contribution in [0.15, 0.2) is 48.5 Å². The van der Waals surface area contributed by atoms with Gasteiger partial charge in [-0.25, -0.2) is 4.79 Å². The molecule has 4 rings (SSSR count). The monoisotopic (exact) mass is 420 g/mol. The molecular weight excluding hydrogens is 392 g/mol. The average Bonchev–Trinajstić information content (AvgIpc) is 3.20. The Morgan fingerprint density at radius 1 is 1.00 bits per heavy atom. The molecule has 0 bridgehead atoms. The van der Waals surface area contributed by atoms with Crippen molar-refractivity contribution in [3.63, 3.8) is 0 Å². The third-order valence-electron chi connectivity index (χ3n) is 6.56. The number of hydrogen-bond donors (Lipinski definition) is 1. The van der Waals surface area contributed by atoms with Crippen LogP contribution in [0.2, 0.25) is 0 Å². The molecule has 6 heteroatoms. The lowest BCUT2D eigenvalue weighted by Gasteiger charge is -2.33. The summed E-state index contributed by atoms with van der Waals surface area (Å²) in [6, 6.07) is 13.8. The van der Waals surface area contributed by atoms with E-state index in [2.05, 4.69) is 5.32 Å². The van der Waals surface area contributed by atoms with Gasteiger partial charge in [0.2, 0.25) is 5.91 Å². The maximum atomic E-state index is 13.4. The second-order valence-corrected chi connectivity index (χ2v) is 8.45. The highest BCUT2D eigenvalue weighted by Crippen LogP contribution is 2.41. The van der Waals surface area contributed by atoms with Gasteiger partial charge < -0.3 is 15.0 Å². The summed E-state index contributed by atoms with van der Waals surface area (Å²) in [6.45, 7) is 1.87. The maximum Gasteiger partial charge on any atom is 0.337 e. The van der Waals surface area contributed by atoms with Crippen molar-refractivity contribution in [3.05, 3.63) is 65.2 Å². The smallest absolute Gasteiger partial charge is 0.337 e. The molecule has 1 aliphatic carbocycles. The fourth-order valence-corrected chi connectivity index (χ4v) is 4.93. The molecule has 1 saturated heterocycles. The molecule has 0 radical (unpaired) electrons. The molecule has 0 spiro atoms. The molecule has 31 heavy (non-hydrogen) atoms. The number of anilines is 1. The molecule has 2 aliphatic rings. The molecule has 2 aromatic carbocycles. The van der Waals surface area contributed by atoms with E-state index in [0.717, 1.165) is 31.2 Å². The number of rotatable bonds is 4. The van der Waals surface area contributed by atoms with Gasteiger partial charge in [-0.3, -0.25) is 9.59 Å². The van der Waals surface area contributed by atoms with Gasteiger partial charge >= 0.3 is 5.97 Å². The van der Waals surface area contributed by atoms with Crippen LogP contribution in [0.1, 0.15) is 58.4 Å². The summed E-state index contributed by atoms with van der Waals surface area (Å²) in [5.74, 6) is -0.401. The highest BCUT2D eigenvalue weighted by atomic mass is 16.5. The Kier molecular flexibility index (Phi) is 6.07. The van der Waals surface area contributed by atoms with Crippen molar-refractivity contribution >= 4 is 23.5 Å². The average molecular weight is 421 g/mol. The Morgan fingerprint density at radius 3 is 2.48 bits per heavy atom. The summed E-state index contributed by atoms with van der Waals surface area (Å²) in [5.41, 5.74) is 2.39. The standard InChI is InChI=1S/C25H28N2O4/c1-16-12-13-19(25(30)31-2)14-20(16)26-23(28)22-15-18-10-6-7-11-21(18)27(22)24(29)17-8-4-3-5-9-17/h3-5,8-9,12-14,18,21-22H,6-7,10-11,15H2,1-2H3,(H,26,28). The van der Waals surface area contributed by atoms with Crippen LogP contribution in [0.5, 0.6) is 0 Å². The van der Waals surface area contributed by atoms with Crippen molar-refractivity contribution in [2.75, 3.05) is 12.4 Å². The highest BCUT2D eigenvalue weighted by Gasteiger charge is 2.47. The minimum atomic E-state index is -0.526. The van der Waals surface area contributed by atoms with Gasteiger partial charge in [0, 0.05) is 17.3 Å². The minimum Gasteiger partial charge on any atom is -0.465 e. The number of esters is 1. The number of methoxy groups -OCH3 is 1. The molecular formula is C25H28N2O4. The van der Waals surface area contributed by atoms with Crippen molar-refractivity contribution in [1.29, 1.82) is 0 Å². The lowest BCUT2D eigenvalue weighted by atomic mass is 9.84. The first kappa shape index (κ1) is 21.1. The molecule has 2 fully saturated rings. The van der Waals surface area contributed by atoms with E-state index in [4.69, 9.17) is 4.74 Å². The van der Waals surface area contributed by atoms with E-state index in [1.54, 1.807) is 30.3 Å². The van der Waals surface area contributed by atoms with Crippen LogP contribution in [0.25, 0.3) is 0 Å². The first-order valence-corrected chi connectivity index (χ1v) is 10.9. The Balaban J connectivity index is 1.61. The second kappa shape index (κ2) is 8.92. The van der Waals surface area contributed by atoms with Gasteiger partial charge in [-0.1, -0.05) is 37.1 Å². The Hall–Kier alpha value is -3.15. The zero-order valence-electron chi connectivity index (χ0n) is 18.0. The molecule has 1 aliphatic heterocycles. The minimum absolute atomic E-state index is 0.0878. The highest BCUT2D eigenvalue weighted by molar-refractivity contribution is 6.02. The summed E-state index contributed by atoms with van der Waals surface area (Å²) < 4.78 is 4.79. The number of carbonyl (C=O) groups is 3. The summed E-state index contributed by atoms with van der Waals surface area (Å²) >= 11 is 0. The normalized spacial score (nSPS) is 22.5. The molecule has 3 atom stereocenters. The van der Waals surface area contributed by atoms with Gasteiger partial charge in [-0.2, -0.15) is 0 Å². The third-order valence-corrected chi connectivity index (χ3v) is 6.56. The molecule has 2 amide bonds. The van der Waals surface area contributed by atoms with Crippen molar-refractivity contribution in [1.82, 2.24) is 4.90 Å². The Bertz CT molecular complexity index is 988. The predicted molar refractivity (Wildman–Crippen MR) is 118 cm³/mol. The van der Waals surface area contributed by atoms with Gasteiger partial charge in [0.15, 0.2) is 0 Å². The molecule has 2 aromatic rings. The van der Waals surface area contributed by atoms with Crippen molar-refractivity contribution in [2.24, 2.45) is 5.92 Å². The van der Waals surface area contributed by atoms with Crippen LogP contribution in [0.3, 0.4) is 0 Å². The van der Waals surface area contributed by atoms with Crippen LogP contribution in [0.4, 0.5) is 5.69 Å². The first-order valence-electron chi connectivity index (χ1n) is 10.9. The summed E-state index contributed by atoms with van der Waals surface area (Å²) in [6.07, 6.45) is 4.87. The summed E-state index contributed by atoms with van der Waals surface area (Å²) in [5, 5.41) is 2.98. The fourth-order valence-electron chi connectivity index (χ4n) is 4.93. The number of aryl methyl sites for hydroxylation is 1. The van der Waals surface area contributed by atoms with Crippen LogP contribution in [-0.4, -0.2) is 41.9 Å². The molecule has 6 nitrogen and oxygen atoms in total. The molecule has 1 N–H and O–H groups in total. The van der Waals surface area contributed by atoms with Gasteiger partial charge in [-0.05, 0) is 61.9 Å². The van der Waals surface area contributed by atoms with E-state index < -0.39 is 12.0 Å². The van der Waals surface area contributed by atoms with Gasteiger partial charge in [-0.15, -0.1) is 0 Å². The van der Waals surface area contributed by atoms with E-state index >= 15 is 0 Å². The van der Waals surface area contributed by atoms with Gasteiger partial charge in [0.05, 0.1) is 12.7 Å². The number of nitrogens with one attached hydrogen (secondary N) is 1. The van der Waals surface area contributed by atoms with Crippen molar-refractivity contribution < 1.29 is 19.1 Å².